The molecular weight excluding hydrogens is 228 g/mol. The zero-order chi connectivity index (χ0) is 13.1. The second-order valence-electron chi connectivity index (χ2n) is 4.90. The number of piperidine rings is 1. The summed E-state index contributed by atoms with van der Waals surface area (Å²) in [5, 5.41) is 0. The summed E-state index contributed by atoms with van der Waals surface area (Å²) in [7, 11) is 3.75. The molecule has 0 saturated carbocycles. The predicted molar refractivity (Wildman–Crippen MR) is 70.3 cm³/mol. The van der Waals surface area contributed by atoms with Crippen molar-refractivity contribution in [1.82, 2.24) is 4.90 Å². The van der Waals surface area contributed by atoms with Crippen molar-refractivity contribution < 1.29 is 9.53 Å². The van der Waals surface area contributed by atoms with Crippen molar-refractivity contribution in [2.24, 2.45) is 11.7 Å². The van der Waals surface area contributed by atoms with Crippen LogP contribution in [-0.4, -0.2) is 31.5 Å². The first kappa shape index (κ1) is 12.9. The average molecular weight is 248 g/mol. The number of hydrogen-bond donors (Lipinski definition) is 1. The van der Waals surface area contributed by atoms with Crippen LogP contribution in [0.4, 0.5) is 0 Å². The maximum Gasteiger partial charge on any atom is 0.220 e. The van der Waals surface area contributed by atoms with E-state index in [0.29, 0.717) is 0 Å². The number of methoxy groups -OCH3 is 1. The molecule has 18 heavy (non-hydrogen) atoms. The zero-order valence-electron chi connectivity index (χ0n) is 10.9. The number of hydrogen-bond acceptors (Lipinski definition) is 3. The van der Waals surface area contributed by atoms with Crippen LogP contribution in [0.1, 0.15) is 24.4 Å². The molecule has 1 saturated heterocycles. The molecule has 0 aliphatic carbocycles. The van der Waals surface area contributed by atoms with Gasteiger partial charge in [-0.15, -0.1) is 0 Å². The van der Waals surface area contributed by atoms with Crippen LogP contribution in [0.25, 0.3) is 0 Å². The van der Waals surface area contributed by atoms with E-state index >= 15 is 0 Å². The Bertz CT molecular complexity index is 434. The highest BCUT2D eigenvalue weighted by Crippen LogP contribution is 2.34. The summed E-state index contributed by atoms with van der Waals surface area (Å²) in [6, 6.07) is 8.26. The standard InChI is InChI=1S/C14H20N2O2/c1-16-7-6-11(14(15)17)9-13(16)10-4-3-5-12(8-10)18-2/h3-5,8,11,13H,6-7,9H2,1-2H3,(H2,15,17)/t11-,13+/m0/s1. The van der Waals surface area contributed by atoms with E-state index in [4.69, 9.17) is 10.5 Å². The van der Waals surface area contributed by atoms with Crippen molar-refractivity contribution in [3.8, 4) is 5.75 Å². The van der Waals surface area contributed by atoms with Gasteiger partial charge in [-0.1, -0.05) is 12.1 Å². The van der Waals surface area contributed by atoms with E-state index in [1.165, 1.54) is 5.56 Å². The first-order valence-corrected chi connectivity index (χ1v) is 6.25. The number of primary amides is 1. The Hall–Kier alpha value is -1.55. The zero-order valence-corrected chi connectivity index (χ0v) is 10.9. The number of nitrogens with zero attached hydrogens (tertiary/aromatic N) is 1. The lowest BCUT2D eigenvalue weighted by atomic mass is 9.87. The molecule has 1 aromatic carbocycles. The van der Waals surface area contributed by atoms with E-state index in [1.54, 1.807) is 7.11 Å². The Morgan fingerprint density at radius 3 is 2.94 bits per heavy atom. The summed E-state index contributed by atoms with van der Waals surface area (Å²) in [4.78, 5) is 13.6. The van der Waals surface area contributed by atoms with Gasteiger partial charge < -0.3 is 10.5 Å². The van der Waals surface area contributed by atoms with E-state index in [0.717, 1.165) is 25.1 Å². The number of carbonyl (C=O) groups excluding carboxylic acids is 1. The van der Waals surface area contributed by atoms with Gasteiger partial charge in [-0.2, -0.15) is 0 Å². The molecule has 1 aliphatic rings. The van der Waals surface area contributed by atoms with Gasteiger partial charge >= 0.3 is 0 Å². The van der Waals surface area contributed by atoms with Crippen LogP contribution in [0.15, 0.2) is 24.3 Å². The molecule has 1 fully saturated rings. The number of nitrogens with two attached hydrogens (primary N) is 1. The van der Waals surface area contributed by atoms with Gasteiger partial charge in [-0.3, -0.25) is 9.69 Å². The van der Waals surface area contributed by atoms with Crippen LogP contribution in [0.3, 0.4) is 0 Å². The van der Waals surface area contributed by atoms with E-state index in [2.05, 4.69) is 18.0 Å². The topological polar surface area (TPSA) is 55.6 Å². The molecule has 0 spiro atoms. The second-order valence-corrected chi connectivity index (χ2v) is 4.90. The molecule has 98 valence electrons. The lowest BCUT2D eigenvalue weighted by molar-refractivity contribution is -0.123. The fourth-order valence-corrected chi connectivity index (χ4v) is 2.58. The van der Waals surface area contributed by atoms with Gasteiger partial charge in [0.1, 0.15) is 5.75 Å². The summed E-state index contributed by atoms with van der Waals surface area (Å²) in [6.45, 7) is 0.898. The minimum atomic E-state index is -0.184. The highest BCUT2D eigenvalue weighted by molar-refractivity contribution is 5.76. The molecular formula is C14H20N2O2. The van der Waals surface area contributed by atoms with Gasteiger partial charge in [-0.05, 0) is 44.1 Å². The monoisotopic (exact) mass is 248 g/mol. The smallest absolute Gasteiger partial charge is 0.220 e. The van der Waals surface area contributed by atoms with E-state index in [-0.39, 0.29) is 17.9 Å². The summed E-state index contributed by atoms with van der Waals surface area (Å²) < 4.78 is 5.25. The molecule has 0 radical (unpaired) electrons. The molecule has 0 aromatic heterocycles. The van der Waals surface area contributed by atoms with Gasteiger partial charge in [0.15, 0.2) is 0 Å². The number of benzene rings is 1. The van der Waals surface area contributed by atoms with Crippen LogP contribution in [-0.2, 0) is 4.79 Å². The summed E-state index contributed by atoms with van der Waals surface area (Å²) >= 11 is 0. The fraction of sp³-hybridized carbons (Fsp3) is 0.500. The van der Waals surface area contributed by atoms with Crippen molar-refractivity contribution in [2.75, 3.05) is 20.7 Å². The molecule has 1 heterocycles. The molecule has 4 heteroatoms. The Balaban J connectivity index is 2.21. The molecule has 4 nitrogen and oxygen atoms in total. The maximum atomic E-state index is 11.3. The number of likely N-dealkylation sites (tertiary alicyclic amines) is 1. The van der Waals surface area contributed by atoms with E-state index in [9.17, 15) is 4.79 Å². The number of carbonyl (C=O) groups is 1. The lowest BCUT2D eigenvalue weighted by Crippen LogP contribution is -2.38. The first-order valence-electron chi connectivity index (χ1n) is 6.25. The second kappa shape index (κ2) is 5.40. The maximum absolute atomic E-state index is 11.3. The molecule has 0 bridgehead atoms. The largest absolute Gasteiger partial charge is 0.497 e. The van der Waals surface area contributed by atoms with Crippen molar-refractivity contribution in [1.29, 1.82) is 0 Å². The van der Waals surface area contributed by atoms with Crippen molar-refractivity contribution in [2.45, 2.75) is 18.9 Å². The van der Waals surface area contributed by atoms with Gasteiger partial charge in [0.25, 0.3) is 0 Å². The SMILES string of the molecule is COc1cccc([C@H]2C[C@@H](C(N)=O)CCN2C)c1. The van der Waals surface area contributed by atoms with Gasteiger partial charge in [0.05, 0.1) is 7.11 Å². The van der Waals surface area contributed by atoms with E-state index in [1.807, 2.05) is 18.2 Å². The minimum absolute atomic E-state index is 0.0163. The third-order valence-electron chi connectivity index (χ3n) is 3.75. The molecule has 2 N–H and O–H groups in total. The van der Waals surface area contributed by atoms with Gasteiger partial charge in [-0.25, -0.2) is 0 Å². The summed E-state index contributed by atoms with van der Waals surface area (Å²) in [5.41, 5.74) is 6.61. The molecule has 0 unspecified atom stereocenters. The molecule has 2 rings (SSSR count). The third-order valence-corrected chi connectivity index (χ3v) is 3.75. The van der Waals surface area contributed by atoms with Crippen LogP contribution in [0, 0.1) is 5.92 Å². The summed E-state index contributed by atoms with van der Waals surface area (Å²) in [6.07, 6.45) is 1.64. The Kier molecular flexibility index (Phi) is 3.87. The van der Waals surface area contributed by atoms with Crippen molar-refractivity contribution >= 4 is 5.91 Å². The van der Waals surface area contributed by atoms with E-state index < -0.39 is 0 Å². The normalized spacial score (nSPS) is 24.8. The highest BCUT2D eigenvalue weighted by atomic mass is 16.5. The van der Waals surface area contributed by atoms with Crippen LogP contribution < -0.4 is 10.5 Å². The average Bonchev–Trinajstić information content (AvgIpc) is 2.39. The highest BCUT2D eigenvalue weighted by Gasteiger charge is 2.30. The first-order chi connectivity index (χ1) is 8.61. The number of rotatable bonds is 3. The van der Waals surface area contributed by atoms with Crippen molar-refractivity contribution in [3.63, 3.8) is 0 Å². The predicted octanol–water partition coefficient (Wildman–Crippen LogP) is 1.56. The quantitative estimate of drug-likeness (QED) is 0.883. The lowest BCUT2D eigenvalue weighted by Gasteiger charge is -2.36. The van der Waals surface area contributed by atoms with Crippen LogP contribution in [0.5, 0.6) is 5.75 Å². The van der Waals surface area contributed by atoms with Crippen LogP contribution >= 0.6 is 0 Å². The number of ether oxygens (including phenoxy) is 1. The Labute approximate surface area is 108 Å². The van der Waals surface area contributed by atoms with Gasteiger partial charge in [0.2, 0.25) is 5.91 Å². The third kappa shape index (κ3) is 2.64. The minimum Gasteiger partial charge on any atom is -0.497 e. The molecule has 1 aromatic rings. The summed E-state index contributed by atoms with van der Waals surface area (Å²) in [5.74, 6) is 0.649. The molecule has 2 atom stereocenters. The molecule has 1 amide bonds. The van der Waals surface area contributed by atoms with Crippen molar-refractivity contribution in [3.05, 3.63) is 29.8 Å². The Morgan fingerprint density at radius 1 is 1.50 bits per heavy atom. The van der Waals surface area contributed by atoms with Gasteiger partial charge in [0, 0.05) is 12.0 Å². The molecule has 1 aliphatic heterocycles. The van der Waals surface area contributed by atoms with Crippen LogP contribution in [0.2, 0.25) is 0 Å². The number of amides is 1. The fourth-order valence-electron chi connectivity index (χ4n) is 2.58. The Morgan fingerprint density at radius 2 is 2.28 bits per heavy atom.